The van der Waals surface area contributed by atoms with Gasteiger partial charge in [-0.1, -0.05) is 12.1 Å². The maximum Gasteiger partial charge on any atom is 0.268 e. The van der Waals surface area contributed by atoms with Gasteiger partial charge in [0.1, 0.15) is 5.82 Å². The van der Waals surface area contributed by atoms with Crippen molar-refractivity contribution in [3.8, 4) is 0 Å². The zero-order valence-electron chi connectivity index (χ0n) is 12.5. The molecule has 3 aromatic rings. The van der Waals surface area contributed by atoms with E-state index >= 15 is 0 Å². The molecular weight excluding hydrogens is 323 g/mol. The Labute approximate surface area is 136 Å². The van der Waals surface area contributed by atoms with Crippen LogP contribution in [0.4, 0.5) is 4.39 Å². The summed E-state index contributed by atoms with van der Waals surface area (Å²) < 4.78 is 13.6. The zero-order valence-corrected chi connectivity index (χ0v) is 13.3. The van der Waals surface area contributed by atoms with Crippen molar-refractivity contribution in [3.05, 3.63) is 78.9 Å². The van der Waals surface area contributed by atoms with E-state index < -0.39 is 11.7 Å². The summed E-state index contributed by atoms with van der Waals surface area (Å²) in [6.45, 7) is 3.46. The minimum absolute atomic E-state index is 0. The van der Waals surface area contributed by atoms with Crippen LogP contribution in [0.3, 0.4) is 0 Å². The van der Waals surface area contributed by atoms with Crippen LogP contribution in [0.2, 0.25) is 0 Å². The molecule has 1 aromatic carbocycles. The van der Waals surface area contributed by atoms with E-state index in [1.165, 1.54) is 12.1 Å². The fourth-order valence-corrected chi connectivity index (χ4v) is 2.77. The highest BCUT2D eigenvalue weighted by Gasteiger charge is 2.28. The third-order valence-corrected chi connectivity index (χ3v) is 3.78. The highest BCUT2D eigenvalue weighted by atomic mass is 35.5. The smallest absolute Gasteiger partial charge is 0.268 e. The van der Waals surface area contributed by atoms with Crippen molar-refractivity contribution < 1.29 is 4.39 Å². The molecule has 0 atom stereocenters. The van der Waals surface area contributed by atoms with Gasteiger partial charge in [0, 0.05) is 17.3 Å². The van der Waals surface area contributed by atoms with Crippen molar-refractivity contribution in [1.29, 1.82) is 0 Å². The molecule has 4 N–H and O–H groups in total. The lowest BCUT2D eigenvalue weighted by atomic mass is 9.85. The van der Waals surface area contributed by atoms with E-state index in [0.29, 0.717) is 28.1 Å². The first kappa shape index (κ1) is 16.8. The van der Waals surface area contributed by atoms with Gasteiger partial charge in [0.25, 0.3) is 11.1 Å². The number of nitrogens with one attached hydrogen (secondary N) is 4. The molecule has 0 aliphatic heterocycles. The first-order valence-electron chi connectivity index (χ1n) is 6.78. The molecule has 0 aliphatic rings. The third kappa shape index (κ3) is 2.87. The van der Waals surface area contributed by atoms with E-state index in [4.69, 9.17) is 0 Å². The molecule has 0 amide bonds. The number of benzene rings is 1. The van der Waals surface area contributed by atoms with E-state index in [-0.39, 0.29) is 23.5 Å². The summed E-state index contributed by atoms with van der Waals surface area (Å²) in [4.78, 5) is 24.3. The molecule has 0 aliphatic carbocycles. The van der Waals surface area contributed by atoms with Crippen LogP contribution >= 0.6 is 12.4 Å². The molecule has 0 saturated heterocycles. The second-order valence-corrected chi connectivity index (χ2v) is 5.22. The van der Waals surface area contributed by atoms with Gasteiger partial charge in [-0.25, -0.2) is 4.39 Å². The molecule has 0 bridgehead atoms. The summed E-state index contributed by atoms with van der Waals surface area (Å²) in [6.07, 6.45) is 0. The predicted octanol–water partition coefficient (Wildman–Crippen LogP) is 2.08. The number of rotatable bonds is 3. The molecular formula is C15H16ClFN4O2. The molecule has 0 radical (unpaired) electrons. The fraction of sp³-hybridized carbons (Fsp3) is 0.200. The molecule has 0 unspecified atom stereocenters. The van der Waals surface area contributed by atoms with E-state index in [2.05, 4.69) is 20.4 Å². The quantitative estimate of drug-likeness (QED) is 0.588. The second kappa shape index (κ2) is 6.29. The van der Waals surface area contributed by atoms with Gasteiger partial charge in [0.15, 0.2) is 0 Å². The summed E-state index contributed by atoms with van der Waals surface area (Å²) in [5.41, 5.74) is 1.91. The highest BCUT2D eigenvalue weighted by molar-refractivity contribution is 5.85. The van der Waals surface area contributed by atoms with Crippen LogP contribution in [0.1, 0.15) is 34.0 Å². The van der Waals surface area contributed by atoms with E-state index in [1.54, 1.807) is 26.0 Å². The van der Waals surface area contributed by atoms with Crippen molar-refractivity contribution in [2.75, 3.05) is 0 Å². The highest BCUT2D eigenvalue weighted by Crippen LogP contribution is 2.31. The van der Waals surface area contributed by atoms with Gasteiger partial charge in [0.2, 0.25) is 0 Å². The molecule has 8 heteroatoms. The Morgan fingerprint density at radius 3 is 1.83 bits per heavy atom. The summed E-state index contributed by atoms with van der Waals surface area (Å²) in [6, 6.07) is 5.92. The fourth-order valence-electron chi connectivity index (χ4n) is 2.77. The molecule has 122 valence electrons. The van der Waals surface area contributed by atoms with Crippen molar-refractivity contribution in [3.63, 3.8) is 0 Å². The summed E-state index contributed by atoms with van der Waals surface area (Å²) >= 11 is 0. The van der Waals surface area contributed by atoms with E-state index in [0.717, 1.165) is 0 Å². The maximum absolute atomic E-state index is 13.6. The van der Waals surface area contributed by atoms with Crippen LogP contribution in [0, 0.1) is 19.7 Å². The molecule has 23 heavy (non-hydrogen) atoms. The van der Waals surface area contributed by atoms with Gasteiger partial charge in [-0.2, -0.15) is 0 Å². The monoisotopic (exact) mass is 338 g/mol. The van der Waals surface area contributed by atoms with Crippen molar-refractivity contribution in [1.82, 2.24) is 20.4 Å². The van der Waals surface area contributed by atoms with E-state index in [9.17, 15) is 14.0 Å². The Bertz CT molecular complexity index is 883. The lowest BCUT2D eigenvalue weighted by molar-refractivity contribution is 0.624. The second-order valence-electron chi connectivity index (χ2n) is 5.22. The molecule has 2 heterocycles. The first-order chi connectivity index (χ1) is 10.5. The van der Waals surface area contributed by atoms with Crippen LogP contribution in [0.5, 0.6) is 0 Å². The summed E-state index contributed by atoms with van der Waals surface area (Å²) in [5.74, 6) is -1.07. The van der Waals surface area contributed by atoms with Gasteiger partial charge >= 0.3 is 0 Å². The average molecular weight is 339 g/mol. The Morgan fingerprint density at radius 2 is 1.43 bits per heavy atom. The van der Waals surface area contributed by atoms with Crippen molar-refractivity contribution >= 4 is 12.4 Å². The number of aryl methyl sites for hydroxylation is 2. The Morgan fingerprint density at radius 1 is 0.913 bits per heavy atom. The van der Waals surface area contributed by atoms with Crippen LogP contribution in [0.15, 0.2) is 33.9 Å². The van der Waals surface area contributed by atoms with Gasteiger partial charge in [0.05, 0.1) is 11.1 Å². The third-order valence-electron chi connectivity index (χ3n) is 3.78. The largest absolute Gasteiger partial charge is 0.302 e. The molecule has 0 fully saturated rings. The van der Waals surface area contributed by atoms with Crippen LogP contribution in [-0.2, 0) is 0 Å². The Balaban J connectivity index is 0.00000192. The zero-order chi connectivity index (χ0) is 15.9. The van der Waals surface area contributed by atoms with Crippen molar-refractivity contribution in [2.24, 2.45) is 0 Å². The number of aromatic nitrogens is 4. The summed E-state index contributed by atoms with van der Waals surface area (Å²) in [7, 11) is 0. The van der Waals surface area contributed by atoms with Gasteiger partial charge in [-0.05, 0) is 31.5 Å². The maximum atomic E-state index is 13.6. The number of aromatic amines is 4. The van der Waals surface area contributed by atoms with Crippen LogP contribution in [-0.4, -0.2) is 20.4 Å². The molecule has 6 nitrogen and oxygen atoms in total. The lowest BCUT2D eigenvalue weighted by Crippen LogP contribution is -2.20. The van der Waals surface area contributed by atoms with Crippen LogP contribution < -0.4 is 11.1 Å². The molecule has 0 spiro atoms. The number of hydrogen-bond acceptors (Lipinski definition) is 2. The minimum atomic E-state index is -0.652. The van der Waals surface area contributed by atoms with Gasteiger partial charge in [-0.3, -0.25) is 19.8 Å². The Kier molecular flexibility index (Phi) is 4.60. The molecule has 3 rings (SSSR count). The first-order valence-corrected chi connectivity index (χ1v) is 6.78. The summed E-state index contributed by atoms with van der Waals surface area (Å²) in [5, 5.41) is 10.5. The Hall–Kier alpha value is -2.54. The SMILES string of the molecule is Cc1[nH][nH]c(=O)c1C(c1cccc(F)c1)c1c(C)[nH][nH]c1=O.Cl. The van der Waals surface area contributed by atoms with E-state index in [1.807, 2.05) is 0 Å². The van der Waals surface area contributed by atoms with Crippen LogP contribution in [0.25, 0.3) is 0 Å². The number of halogens is 2. The predicted molar refractivity (Wildman–Crippen MR) is 86.9 cm³/mol. The standard InChI is InChI=1S/C15H15FN4O2.ClH/c1-7-11(14(21)19-17-7)13(9-4-3-5-10(16)6-9)12-8(2)18-20-15(12)22;/h3-6,13H,1-2H3,(H2,17,19,21)(H2,18,20,22);1H. The normalized spacial score (nSPS) is 10.8. The topological polar surface area (TPSA) is 97.3 Å². The molecule has 0 saturated carbocycles. The lowest BCUT2D eigenvalue weighted by Gasteiger charge is -2.15. The van der Waals surface area contributed by atoms with Gasteiger partial charge in [-0.15, -0.1) is 12.4 Å². The van der Waals surface area contributed by atoms with Gasteiger partial charge < -0.3 is 10.2 Å². The average Bonchev–Trinajstić information content (AvgIpc) is 2.97. The molecule has 2 aromatic heterocycles. The van der Waals surface area contributed by atoms with Crippen molar-refractivity contribution in [2.45, 2.75) is 19.8 Å². The number of H-pyrrole nitrogens is 4. The minimum Gasteiger partial charge on any atom is -0.302 e. The number of hydrogen-bond donors (Lipinski definition) is 4.